The van der Waals surface area contributed by atoms with Crippen LogP contribution in [-0.4, -0.2) is 0 Å². The largest absolute Gasteiger partial charge is 0.289 e. The average Bonchev–Trinajstić information content (AvgIpc) is 2.46. The zero-order valence-corrected chi connectivity index (χ0v) is 10.9. The molecule has 4 heteroatoms. The second-order valence-electron chi connectivity index (χ2n) is 4.86. The molecule has 2 aliphatic carbocycles. The highest BCUT2D eigenvalue weighted by Gasteiger charge is 2.16. The van der Waals surface area contributed by atoms with Gasteiger partial charge in [-0.05, 0) is 13.8 Å². The van der Waals surface area contributed by atoms with Crippen molar-refractivity contribution < 1.29 is 0 Å². The fraction of sp³-hybridized carbons (Fsp3) is 0.125. The fourth-order valence-corrected chi connectivity index (χ4v) is 2.52. The van der Waals surface area contributed by atoms with E-state index in [-0.39, 0.29) is 32.3 Å². The number of hydrogen-bond acceptors (Lipinski definition) is 4. The number of fused-ring (bicyclic) bond motifs is 1. The first-order valence-electron chi connectivity index (χ1n) is 6.14. The van der Waals surface area contributed by atoms with Crippen LogP contribution in [-0.2, 0) is 0 Å². The van der Waals surface area contributed by atoms with Gasteiger partial charge in [0.05, 0.1) is 10.4 Å². The maximum atomic E-state index is 12.4. The van der Waals surface area contributed by atoms with E-state index < -0.39 is 21.7 Å². The van der Waals surface area contributed by atoms with Crippen LogP contribution in [0.25, 0.3) is 10.8 Å². The Morgan fingerprint density at radius 2 is 0.950 bits per heavy atom. The van der Waals surface area contributed by atoms with Crippen molar-refractivity contribution in [3.8, 4) is 0 Å². The second kappa shape index (κ2) is 3.93. The van der Waals surface area contributed by atoms with Crippen LogP contribution in [0.3, 0.4) is 0 Å². The van der Waals surface area contributed by atoms with Crippen LogP contribution in [0.5, 0.6) is 0 Å². The van der Waals surface area contributed by atoms with Crippen molar-refractivity contribution in [3.05, 3.63) is 86.7 Å². The predicted octanol–water partition coefficient (Wildman–Crippen LogP) is 0.498. The summed E-state index contributed by atoms with van der Waals surface area (Å²) >= 11 is 0. The van der Waals surface area contributed by atoms with Crippen molar-refractivity contribution >= 4 is 10.8 Å². The summed E-state index contributed by atoms with van der Waals surface area (Å²) in [4.78, 5) is 49.3. The van der Waals surface area contributed by atoms with Crippen molar-refractivity contribution in [1.29, 1.82) is 0 Å². The summed E-state index contributed by atoms with van der Waals surface area (Å²) in [5.41, 5.74) is -1.67. The Bertz CT molecular complexity index is 1040. The summed E-state index contributed by atoms with van der Waals surface area (Å²) in [5, 5.41) is -0.182. The first-order valence-corrected chi connectivity index (χ1v) is 6.14. The van der Waals surface area contributed by atoms with Gasteiger partial charge in [0.2, 0.25) is 0 Å². The molecular weight excluding hydrogens is 256 g/mol. The van der Waals surface area contributed by atoms with E-state index in [1.807, 2.05) is 0 Å². The van der Waals surface area contributed by atoms with Crippen LogP contribution in [0.2, 0.25) is 0 Å². The highest BCUT2D eigenvalue weighted by Crippen LogP contribution is 2.05. The lowest BCUT2D eigenvalue weighted by Crippen LogP contribution is -2.31. The highest BCUT2D eigenvalue weighted by atomic mass is 16.1. The molecule has 4 nitrogen and oxygen atoms in total. The molecule has 0 spiro atoms. The molecule has 20 heavy (non-hydrogen) atoms. The summed E-state index contributed by atoms with van der Waals surface area (Å²) in [5.74, 6) is 0. The second-order valence-corrected chi connectivity index (χ2v) is 4.86. The minimum Gasteiger partial charge on any atom is -0.289 e. The van der Waals surface area contributed by atoms with Gasteiger partial charge in [-0.15, -0.1) is 0 Å². The lowest BCUT2D eigenvalue weighted by Gasteiger charge is -2.00. The smallest absolute Gasteiger partial charge is 0.198 e. The lowest BCUT2D eigenvalue weighted by atomic mass is 9.99. The average molecular weight is 266 g/mol. The van der Waals surface area contributed by atoms with E-state index in [0.29, 0.717) is 0 Å². The van der Waals surface area contributed by atoms with Gasteiger partial charge >= 0.3 is 0 Å². The Hall–Kier alpha value is -2.62. The Labute approximate surface area is 112 Å². The molecule has 0 aliphatic heterocycles. The molecule has 0 aromatic heterocycles. The molecule has 3 rings (SSSR count). The van der Waals surface area contributed by atoms with Crippen LogP contribution >= 0.6 is 0 Å². The Morgan fingerprint density at radius 1 is 0.600 bits per heavy atom. The minimum atomic E-state index is -0.541. The van der Waals surface area contributed by atoms with E-state index in [1.54, 1.807) is 12.1 Å². The molecule has 0 radical (unpaired) electrons. The zero-order chi connectivity index (χ0) is 14.6. The summed E-state index contributed by atoms with van der Waals surface area (Å²) in [6.07, 6.45) is 0. The first kappa shape index (κ1) is 12.4. The summed E-state index contributed by atoms with van der Waals surface area (Å²) in [6.45, 7) is 3.00. The molecule has 0 unspecified atom stereocenters. The molecule has 0 heterocycles. The Balaban J connectivity index is 3.01. The summed E-state index contributed by atoms with van der Waals surface area (Å²) in [7, 11) is 0. The third kappa shape index (κ3) is 1.36. The standard InChI is InChI=1S/C16H10O4/c1-7-8(2)14(18)12-11(13(7)17)15(19)9-5-3-4-6-10(9)16(12)20/h3-6H,1-2H3. The van der Waals surface area contributed by atoms with Gasteiger partial charge < -0.3 is 0 Å². The van der Waals surface area contributed by atoms with Crippen LogP contribution in [0.1, 0.15) is 11.1 Å². The fourth-order valence-electron chi connectivity index (χ4n) is 2.52. The molecular formula is C16H10O4. The van der Waals surface area contributed by atoms with E-state index in [0.717, 1.165) is 0 Å². The predicted molar refractivity (Wildman–Crippen MR) is 76.2 cm³/mol. The number of benzene rings is 1. The van der Waals surface area contributed by atoms with E-state index in [2.05, 4.69) is 0 Å². The normalized spacial score (nSPS) is 11.3. The molecule has 1 aromatic carbocycles. The van der Waals surface area contributed by atoms with Crippen molar-refractivity contribution in [3.63, 3.8) is 0 Å². The third-order valence-electron chi connectivity index (χ3n) is 3.82. The molecule has 0 bridgehead atoms. The van der Waals surface area contributed by atoms with E-state index >= 15 is 0 Å². The van der Waals surface area contributed by atoms with Crippen molar-refractivity contribution in [2.24, 2.45) is 0 Å². The van der Waals surface area contributed by atoms with Gasteiger partial charge in [0.1, 0.15) is 0 Å². The van der Waals surface area contributed by atoms with Gasteiger partial charge in [-0.1, -0.05) is 24.3 Å². The zero-order valence-electron chi connectivity index (χ0n) is 10.9. The molecule has 1 aromatic rings. The van der Waals surface area contributed by atoms with Crippen molar-refractivity contribution in [1.82, 2.24) is 0 Å². The van der Waals surface area contributed by atoms with Gasteiger partial charge in [-0.2, -0.15) is 0 Å². The maximum Gasteiger partial charge on any atom is 0.198 e. The van der Waals surface area contributed by atoms with Crippen molar-refractivity contribution in [2.75, 3.05) is 0 Å². The minimum absolute atomic E-state index is 0.185. The topological polar surface area (TPSA) is 68.3 Å². The maximum absolute atomic E-state index is 12.4. The van der Waals surface area contributed by atoms with Crippen LogP contribution in [0, 0.1) is 24.3 Å². The highest BCUT2D eigenvalue weighted by molar-refractivity contribution is 5.82. The molecule has 0 saturated carbocycles. The van der Waals surface area contributed by atoms with Crippen LogP contribution < -0.4 is 21.7 Å². The Morgan fingerprint density at radius 3 is 1.30 bits per heavy atom. The molecule has 0 fully saturated rings. The molecule has 98 valence electrons. The molecule has 0 N–H and O–H groups in total. The first-order chi connectivity index (χ1) is 9.45. The summed E-state index contributed by atoms with van der Waals surface area (Å²) < 4.78 is 0. The SMILES string of the molecule is Cc1c(C)c(=O)c2c(=O)c3ccccc3c(=O)c=2c1=O. The number of hydrogen-bond donors (Lipinski definition) is 0. The van der Waals surface area contributed by atoms with Crippen LogP contribution in [0.15, 0.2) is 43.4 Å². The molecule has 0 atom stereocenters. The lowest BCUT2D eigenvalue weighted by molar-refractivity contribution is 1.19. The van der Waals surface area contributed by atoms with Crippen LogP contribution in [0.4, 0.5) is 0 Å². The quantitative estimate of drug-likeness (QED) is 0.594. The van der Waals surface area contributed by atoms with E-state index in [9.17, 15) is 19.2 Å². The third-order valence-corrected chi connectivity index (χ3v) is 3.82. The summed E-state index contributed by atoms with van der Waals surface area (Å²) in [6, 6.07) is 6.24. The van der Waals surface area contributed by atoms with E-state index in [4.69, 9.17) is 0 Å². The van der Waals surface area contributed by atoms with Gasteiger partial charge in [-0.25, -0.2) is 0 Å². The van der Waals surface area contributed by atoms with Gasteiger partial charge in [0.15, 0.2) is 21.7 Å². The van der Waals surface area contributed by atoms with Gasteiger partial charge in [0.25, 0.3) is 0 Å². The molecule has 0 amide bonds. The monoisotopic (exact) mass is 266 g/mol. The van der Waals surface area contributed by atoms with Crippen molar-refractivity contribution in [2.45, 2.75) is 13.8 Å². The van der Waals surface area contributed by atoms with Gasteiger partial charge in [-0.3, -0.25) is 19.2 Å². The number of rotatable bonds is 0. The molecule has 2 aliphatic rings. The molecule has 0 saturated heterocycles. The Kier molecular flexibility index (Phi) is 2.44. The van der Waals surface area contributed by atoms with E-state index in [1.165, 1.54) is 26.0 Å². The van der Waals surface area contributed by atoms with Gasteiger partial charge in [0, 0.05) is 21.9 Å².